The maximum absolute atomic E-state index is 2.67. The van der Waals surface area contributed by atoms with Crippen LogP contribution >= 0.6 is 0 Å². The minimum atomic E-state index is 0.888. The van der Waals surface area contributed by atoms with E-state index in [1.54, 1.807) is 0 Å². The highest BCUT2D eigenvalue weighted by molar-refractivity contribution is 4.92. The third kappa shape index (κ3) is 1.75. The lowest BCUT2D eigenvalue weighted by atomic mass is 9.92. The Morgan fingerprint density at radius 2 is 1.85 bits per heavy atom. The Balaban J connectivity index is 1.96. The molecular formula is C11H22N2. The lowest BCUT2D eigenvalue weighted by Gasteiger charge is -2.37. The van der Waals surface area contributed by atoms with Gasteiger partial charge in [0.15, 0.2) is 0 Å². The Hall–Kier alpha value is -0.0800. The molecule has 0 bridgehead atoms. The monoisotopic (exact) mass is 182 g/mol. The van der Waals surface area contributed by atoms with E-state index < -0.39 is 0 Å². The molecule has 2 heterocycles. The van der Waals surface area contributed by atoms with E-state index in [4.69, 9.17) is 0 Å². The van der Waals surface area contributed by atoms with Crippen LogP contribution in [0.5, 0.6) is 0 Å². The normalized spacial score (nSPS) is 36.5. The molecule has 0 aromatic rings. The van der Waals surface area contributed by atoms with Crippen LogP contribution in [0.25, 0.3) is 0 Å². The smallest absolute Gasteiger partial charge is 0.0252 e. The number of likely N-dealkylation sites (tertiary alicyclic amines) is 2. The molecule has 0 spiro atoms. The average Bonchev–Trinajstić information content (AvgIpc) is 2.59. The predicted octanol–water partition coefficient (Wildman–Crippen LogP) is 1.42. The van der Waals surface area contributed by atoms with Crippen LogP contribution in [0, 0.1) is 5.92 Å². The van der Waals surface area contributed by atoms with Crippen LogP contribution in [0.4, 0.5) is 0 Å². The first-order valence-electron chi connectivity index (χ1n) is 5.81. The molecule has 2 heteroatoms. The van der Waals surface area contributed by atoms with Crippen LogP contribution in [-0.4, -0.2) is 48.6 Å². The molecule has 0 aromatic carbocycles. The molecule has 2 nitrogen and oxygen atoms in total. The number of hydrogen-bond acceptors (Lipinski definition) is 2. The van der Waals surface area contributed by atoms with Crippen molar-refractivity contribution in [2.75, 3.05) is 32.7 Å². The summed E-state index contributed by atoms with van der Waals surface area (Å²) >= 11 is 0. The van der Waals surface area contributed by atoms with Crippen molar-refractivity contribution >= 4 is 0 Å². The highest BCUT2D eigenvalue weighted by atomic mass is 15.2. The van der Waals surface area contributed by atoms with Crippen molar-refractivity contribution < 1.29 is 0 Å². The van der Waals surface area contributed by atoms with E-state index in [1.165, 1.54) is 45.6 Å². The van der Waals surface area contributed by atoms with Gasteiger partial charge in [-0.1, -0.05) is 13.8 Å². The second-order valence-corrected chi connectivity index (χ2v) is 4.43. The van der Waals surface area contributed by atoms with Crippen LogP contribution < -0.4 is 0 Å². The number of likely N-dealkylation sites (N-methyl/N-ethyl adjacent to an activating group) is 2. The second kappa shape index (κ2) is 3.97. The van der Waals surface area contributed by atoms with Crippen LogP contribution in [0.1, 0.15) is 26.7 Å². The third-order valence-electron chi connectivity index (χ3n) is 3.92. The summed E-state index contributed by atoms with van der Waals surface area (Å²) in [6.45, 7) is 11.1. The van der Waals surface area contributed by atoms with Crippen LogP contribution in [0.2, 0.25) is 0 Å². The molecule has 0 N–H and O–H groups in total. The zero-order valence-corrected chi connectivity index (χ0v) is 9.00. The van der Waals surface area contributed by atoms with Crippen molar-refractivity contribution in [3.63, 3.8) is 0 Å². The van der Waals surface area contributed by atoms with Crippen molar-refractivity contribution in [3.05, 3.63) is 0 Å². The predicted molar refractivity (Wildman–Crippen MR) is 55.9 cm³/mol. The number of hydrogen-bond donors (Lipinski definition) is 0. The summed E-state index contributed by atoms with van der Waals surface area (Å²) in [6.07, 6.45) is 2.89. The second-order valence-electron chi connectivity index (χ2n) is 4.43. The molecule has 0 radical (unpaired) electrons. The van der Waals surface area contributed by atoms with Gasteiger partial charge in [-0.15, -0.1) is 0 Å². The van der Waals surface area contributed by atoms with Crippen molar-refractivity contribution in [2.45, 2.75) is 32.7 Å². The van der Waals surface area contributed by atoms with E-state index in [0.29, 0.717) is 0 Å². The minimum Gasteiger partial charge on any atom is -0.302 e. The first-order chi connectivity index (χ1) is 6.35. The van der Waals surface area contributed by atoms with Crippen molar-refractivity contribution in [3.8, 4) is 0 Å². The summed E-state index contributed by atoms with van der Waals surface area (Å²) in [5, 5.41) is 0. The number of nitrogens with zero attached hydrogens (tertiary/aromatic N) is 2. The standard InChI is InChI=1S/C11H22N2/c1-3-12-7-5-10-6-8-13(4-2)11(10)9-12/h10-11H,3-9H2,1-2H3. The van der Waals surface area contributed by atoms with Gasteiger partial charge >= 0.3 is 0 Å². The molecule has 0 saturated carbocycles. The lowest BCUT2D eigenvalue weighted by molar-refractivity contribution is 0.112. The molecule has 2 aliphatic rings. The summed E-state index contributed by atoms with van der Waals surface area (Å²) < 4.78 is 0. The van der Waals surface area contributed by atoms with E-state index in [9.17, 15) is 0 Å². The minimum absolute atomic E-state index is 0.888. The molecule has 2 rings (SSSR count). The van der Waals surface area contributed by atoms with E-state index in [0.717, 1.165) is 12.0 Å². The van der Waals surface area contributed by atoms with Gasteiger partial charge in [0.05, 0.1) is 0 Å². The molecule has 0 amide bonds. The van der Waals surface area contributed by atoms with Gasteiger partial charge in [-0.05, 0) is 44.9 Å². The zero-order valence-electron chi connectivity index (χ0n) is 9.00. The summed E-state index contributed by atoms with van der Waals surface area (Å²) in [6, 6.07) is 0.888. The van der Waals surface area contributed by atoms with Gasteiger partial charge in [0.2, 0.25) is 0 Å². The molecule has 2 aliphatic heterocycles. The molecular weight excluding hydrogens is 160 g/mol. The Bertz CT molecular complexity index is 163. The van der Waals surface area contributed by atoms with E-state index >= 15 is 0 Å². The van der Waals surface area contributed by atoms with Crippen molar-refractivity contribution in [1.29, 1.82) is 0 Å². The summed E-state index contributed by atoms with van der Waals surface area (Å²) in [5.74, 6) is 1.02. The fraction of sp³-hybridized carbons (Fsp3) is 1.00. The first-order valence-corrected chi connectivity index (χ1v) is 5.81. The summed E-state index contributed by atoms with van der Waals surface area (Å²) in [5.41, 5.74) is 0. The molecule has 2 fully saturated rings. The van der Waals surface area contributed by atoms with Gasteiger partial charge in [0.25, 0.3) is 0 Å². The van der Waals surface area contributed by atoms with Gasteiger partial charge in [-0.2, -0.15) is 0 Å². The first kappa shape index (κ1) is 9.47. The molecule has 76 valence electrons. The maximum Gasteiger partial charge on any atom is 0.0252 e. The van der Waals surface area contributed by atoms with Crippen molar-refractivity contribution in [1.82, 2.24) is 9.80 Å². The Labute approximate surface area is 81.9 Å². The lowest BCUT2D eigenvalue weighted by Crippen LogP contribution is -2.47. The summed E-state index contributed by atoms with van der Waals surface area (Å²) in [4.78, 5) is 5.28. The van der Waals surface area contributed by atoms with Crippen LogP contribution in [0.15, 0.2) is 0 Å². The van der Waals surface area contributed by atoms with E-state index in [-0.39, 0.29) is 0 Å². The Kier molecular flexibility index (Phi) is 2.89. The van der Waals surface area contributed by atoms with Crippen LogP contribution in [-0.2, 0) is 0 Å². The number of rotatable bonds is 2. The van der Waals surface area contributed by atoms with Gasteiger partial charge in [-0.3, -0.25) is 4.90 Å². The van der Waals surface area contributed by atoms with Gasteiger partial charge in [0.1, 0.15) is 0 Å². The number of piperidine rings is 1. The summed E-state index contributed by atoms with van der Waals surface area (Å²) in [7, 11) is 0. The quantitative estimate of drug-likeness (QED) is 0.637. The van der Waals surface area contributed by atoms with E-state index in [1.807, 2.05) is 0 Å². The largest absolute Gasteiger partial charge is 0.302 e. The van der Waals surface area contributed by atoms with Gasteiger partial charge < -0.3 is 4.90 Å². The molecule has 0 aliphatic carbocycles. The topological polar surface area (TPSA) is 6.48 Å². The highest BCUT2D eigenvalue weighted by Gasteiger charge is 2.36. The molecule has 0 aromatic heterocycles. The van der Waals surface area contributed by atoms with Crippen molar-refractivity contribution in [2.24, 2.45) is 5.92 Å². The fourth-order valence-corrected chi connectivity index (χ4v) is 2.97. The average molecular weight is 182 g/mol. The van der Waals surface area contributed by atoms with Crippen LogP contribution in [0.3, 0.4) is 0 Å². The third-order valence-corrected chi connectivity index (χ3v) is 3.92. The van der Waals surface area contributed by atoms with Gasteiger partial charge in [-0.25, -0.2) is 0 Å². The molecule has 2 unspecified atom stereocenters. The Morgan fingerprint density at radius 3 is 2.54 bits per heavy atom. The molecule has 2 saturated heterocycles. The van der Waals surface area contributed by atoms with E-state index in [2.05, 4.69) is 23.6 Å². The van der Waals surface area contributed by atoms with Gasteiger partial charge in [0, 0.05) is 12.6 Å². The number of fused-ring (bicyclic) bond motifs is 1. The highest BCUT2D eigenvalue weighted by Crippen LogP contribution is 2.30. The Morgan fingerprint density at radius 1 is 1.08 bits per heavy atom. The molecule has 2 atom stereocenters. The fourth-order valence-electron chi connectivity index (χ4n) is 2.97. The SMILES string of the molecule is CCN1CCC2CCN(CC)C2C1. The maximum atomic E-state index is 2.67. The zero-order chi connectivity index (χ0) is 9.26. The molecule has 13 heavy (non-hydrogen) atoms.